The van der Waals surface area contributed by atoms with Crippen molar-refractivity contribution in [1.82, 2.24) is 10.2 Å². The van der Waals surface area contributed by atoms with Crippen LogP contribution in [0.5, 0.6) is 0 Å². The van der Waals surface area contributed by atoms with Crippen LogP contribution in [-0.4, -0.2) is 22.8 Å². The lowest BCUT2D eigenvalue weighted by Gasteiger charge is -2.02. The SMILES string of the molecule is CCOC(=O)c1nnc(Cl)cc1N. The fraction of sp³-hybridized carbons (Fsp3) is 0.286. The average Bonchev–Trinajstić information content (AvgIpc) is 2.04. The van der Waals surface area contributed by atoms with Gasteiger partial charge in [-0.2, -0.15) is 0 Å². The molecule has 0 aliphatic heterocycles. The van der Waals surface area contributed by atoms with Gasteiger partial charge in [-0.3, -0.25) is 0 Å². The molecule has 0 bridgehead atoms. The van der Waals surface area contributed by atoms with Crippen molar-refractivity contribution in [2.45, 2.75) is 6.92 Å². The third-order valence-electron chi connectivity index (χ3n) is 1.26. The number of nitrogens with zero attached hydrogens (tertiary/aromatic N) is 2. The zero-order chi connectivity index (χ0) is 9.84. The van der Waals surface area contributed by atoms with E-state index in [2.05, 4.69) is 14.9 Å². The zero-order valence-corrected chi connectivity index (χ0v) is 7.71. The minimum absolute atomic E-state index is 0.00810. The van der Waals surface area contributed by atoms with E-state index in [4.69, 9.17) is 17.3 Å². The van der Waals surface area contributed by atoms with Gasteiger partial charge in [0, 0.05) is 6.07 Å². The van der Waals surface area contributed by atoms with E-state index >= 15 is 0 Å². The van der Waals surface area contributed by atoms with E-state index in [-0.39, 0.29) is 23.1 Å². The number of nitrogens with two attached hydrogens (primary N) is 1. The van der Waals surface area contributed by atoms with Crippen LogP contribution in [0, 0.1) is 0 Å². The van der Waals surface area contributed by atoms with Crippen LogP contribution in [0.1, 0.15) is 17.4 Å². The molecule has 5 nitrogen and oxygen atoms in total. The monoisotopic (exact) mass is 201 g/mol. The first-order valence-corrected chi connectivity index (χ1v) is 3.98. The number of halogens is 1. The first-order chi connectivity index (χ1) is 6.15. The highest BCUT2D eigenvalue weighted by Crippen LogP contribution is 2.12. The number of ether oxygens (including phenoxy) is 1. The third kappa shape index (κ3) is 2.29. The predicted molar refractivity (Wildman–Crippen MR) is 47.4 cm³/mol. The van der Waals surface area contributed by atoms with Crippen LogP contribution in [0.25, 0.3) is 0 Å². The molecule has 0 aliphatic carbocycles. The van der Waals surface area contributed by atoms with Gasteiger partial charge in [0.15, 0.2) is 10.8 Å². The van der Waals surface area contributed by atoms with Crippen LogP contribution >= 0.6 is 11.6 Å². The molecule has 1 aromatic rings. The standard InChI is InChI=1S/C7H8ClN3O2/c1-2-13-7(12)6-4(9)3-5(8)10-11-6/h3H,2H2,1H3,(H2,9,10). The maximum absolute atomic E-state index is 11.1. The van der Waals surface area contributed by atoms with E-state index in [1.807, 2.05) is 0 Å². The number of carbonyl (C=O) groups is 1. The van der Waals surface area contributed by atoms with Gasteiger partial charge in [-0.25, -0.2) is 4.79 Å². The van der Waals surface area contributed by atoms with Crippen molar-refractivity contribution < 1.29 is 9.53 Å². The summed E-state index contributed by atoms with van der Waals surface area (Å²) in [6, 6.07) is 1.35. The number of hydrogen-bond donors (Lipinski definition) is 1. The van der Waals surface area contributed by atoms with Gasteiger partial charge in [-0.05, 0) is 6.92 Å². The van der Waals surface area contributed by atoms with Crippen LogP contribution in [-0.2, 0) is 4.74 Å². The Labute approximate surface area is 79.9 Å². The molecule has 0 aliphatic rings. The molecular formula is C7H8ClN3O2. The lowest BCUT2D eigenvalue weighted by Crippen LogP contribution is -2.11. The molecule has 1 aromatic heterocycles. The molecule has 0 fully saturated rings. The Balaban J connectivity index is 2.95. The number of carbonyl (C=O) groups excluding carboxylic acids is 1. The Kier molecular flexibility index (Phi) is 3.02. The Morgan fingerprint density at radius 1 is 1.69 bits per heavy atom. The fourth-order valence-electron chi connectivity index (χ4n) is 0.739. The van der Waals surface area contributed by atoms with Crippen molar-refractivity contribution >= 4 is 23.3 Å². The molecule has 70 valence electrons. The van der Waals surface area contributed by atoms with E-state index < -0.39 is 5.97 Å². The Morgan fingerprint density at radius 2 is 2.38 bits per heavy atom. The van der Waals surface area contributed by atoms with E-state index in [9.17, 15) is 4.79 Å². The van der Waals surface area contributed by atoms with Gasteiger partial charge in [-0.15, -0.1) is 10.2 Å². The molecular weight excluding hydrogens is 194 g/mol. The van der Waals surface area contributed by atoms with Crippen molar-refractivity contribution in [2.24, 2.45) is 0 Å². The number of aromatic nitrogens is 2. The maximum Gasteiger partial charge on any atom is 0.361 e. The second-order valence-corrected chi connectivity index (χ2v) is 2.58. The highest BCUT2D eigenvalue weighted by atomic mass is 35.5. The number of rotatable bonds is 2. The highest BCUT2D eigenvalue weighted by molar-refractivity contribution is 6.29. The summed E-state index contributed by atoms with van der Waals surface area (Å²) in [5.74, 6) is -0.593. The third-order valence-corrected chi connectivity index (χ3v) is 1.45. The molecule has 0 atom stereocenters. The van der Waals surface area contributed by atoms with Gasteiger partial charge >= 0.3 is 5.97 Å². The minimum Gasteiger partial charge on any atom is -0.461 e. The molecule has 6 heteroatoms. The average molecular weight is 202 g/mol. The second kappa shape index (κ2) is 4.04. The molecule has 1 heterocycles. The second-order valence-electron chi connectivity index (χ2n) is 2.19. The number of hydrogen-bond acceptors (Lipinski definition) is 5. The summed E-state index contributed by atoms with van der Waals surface area (Å²) in [6.45, 7) is 1.96. The van der Waals surface area contributed by atoms with Gasteiger partial charge in [0.2, 0.25) is 0 Å². The van der Waals surface area contributed by atoms with E-state index in [1.54, 1.807) is 6.92 Å². The number of anilines is 1. The summed E-state index contributed by atoms with van der Waals surface area (Å²) < 4.78 is 4.68. The molecule has 2 N–H and O–H groups in total. The van der Waals surface area contributed by atoms with Crippen molar-refractivity contribution in [3.05, 3.63) is 16.9 Å². The van der Waals surface area contributed by atoms with E-state index in [1.165, 1.54) is 6.07 Å². The van der Waals surface area contributed by atoms with Gasteiger partial charge < -0.3 is 10.5 Å². The highest BCUT2D eigenvalue weighted by Gasteiger charge is 2.13. The fourth-order valence-corrected chi connectivity index (χ4v) is 0.895. The normalized spacial score (nSPS) is 9.69. The molecule has 0 saturated heterocycles. The maximum atomic E-state index is 11.1. The quantitative estimate of drug-likeness (QED) is 0.719. The molecule has 0 saturated carbocycles. The zero-order valence-electron chi connectivity index (χ0n) is 6.95. The van der Waals surface area contributed by atoms with Gasteiger partial charge in [0.1, 0.15) is 0 Å². The summed E-state index contributed by atoms with van der Waals surface area (Å²) in [7, 11) is 0. The molecule has 0 spiro atoms. The van der Waals surface area contributed by atoms with Crippen LogP contribution in [0.4, 0.5) is 5.69 Å². The van der Waals surface area contributed by atoms with Crippen molar-refractivity contribution in [2.75, 3.05) is 12.3 Å². The van der Waals surface area contributed by atoms with Crippen LogP contribution < -0.4 is 5.73 Å². The summed E-state index contributed by atoms with van der Waals surface area (Å²) in [5.41, 5.74) is 5.62. The van der Waals surface area contributed by atoms with Gasteiger partial charge in [-0.1, -0.05) is 11.6 Å². The largest absolute Gasteiger partial charge is 0.461 e. The lowest BCUT2D eigenvalue weighted by molar-refractivity contribution is 0.0519. The minimum atomic E-state index is -0.593. The van der Waals surface area contributed by atoms with Crippen molar-refractivity contribution in [3.63, 3.8) is 0 Å². The topological polar surface area (TPSA) is 78.1 Å². The van der Waals surface area contributed by atoms with E-state index in [0.717, 1.165) is 0 Å². The molecule has 13 heavy (non-hydrogen) atoms. The Morgan fingerprint density at radius 3 is 2.92 bits per heavy atom. The van der Waals surface area contributed by atoms with E-state index in [0.29, 0.717) is 0 Å². The first kappa shape index (κ1) is 9.73. The van der Waals surface area contributed by atoms with Gasteiger partial charge in [0.05, 0.1) is 12.3 Å². The van der Waals surface area contributed by atoms with Gasteiger partial charge in [0.25, 0.3) is 0 Å². The summed E-state index contributed by atoms with van der Waals surface area (Å²) >= 11 is 5.49. The van der Waals surface area contributed by atoms with Crippen LogP contribution in [0.15, 0.2) is 6.07 Å². The Hall–Kier alpha value is -1.36. The Bertz CT molecular complexity index is 330. The van der Waals surface area contributed by atoms with Crippen LogP contribution in [0.2, 0.25) is 5.15 Å². The molecule has 0 aromatic carbocycles. The van der Waals surface area contributed by atoms with Crippen LogP contribution in [0.3, 0.4) is 0 Å². The van der Waals surface area contributed by atoms with Crippen molar-refractivity contribution in [1.29, 1.82) is 0 Å². The predicted octanol–water partition coefficient (Wildman–Crippen LogP) is 0.889. The molecule has 0 amide bonds. The number of esters is 1. The molecule has 0 radical (unpaired) electrons. The smallest absolute Gasteiger partial charge is 0.361 e. The summed E-state index contributed by atoms with van der Waals surface area (Å²) in [5, 5.41) is 7.14. The lowest BCUT2D eigenvalue weighted by atomic mass is 10.3. The molecule has 0 unspecified atom stereocenters. The molecule has 1 rings (SSSR count). The summed E-state index contributed by atoms with van der Waals surface area (Å²) in [6.07, 6.45) is 0. The number of nitrogen functional groups attached to an aromatic ring is 1. The first-order valence-electron chi connectivity index (χ1n) is 3.61. The summed E-state index contributed by atoms with van der Waals surface area (Å²) in [4.78, 5) is 11.1. The van der Waals surface area contributed by atoms with Crippen molar-refractivity contribution in [3.8, 4) is 0 Å².